The highest BCUT2D eigenvalue weighted by Crippen LogP contribution is 2.02. The summed E-state index contributed by atoms with van der Waals surface area (Å²) in [6.07, 6.45) is 2.58. The van der Waals surface area contributed by atoms with Crippen LogP contribution in [0, 0.1) is 0 Å². The Labute approximate surface area is 116 Å². The van der Waals surface area contributed by atoms with Crippen LogP contribution < -0.4 is 5.32 Å². The number of aryl methyl sites for hydroxylation is 1. The number of nitrogens with one attached hydrogen (secondary N) is 1. The lowest BCUT2D eigenvalue weighted by Gasteiger charge is -2.03. The van der Waals surface area contributed by atoms with E-state index in [4.69, 9.17) is 0 Å². The highest BCUT2D eigenvalue weighted by atomic mass is 35.5. The third kappa shape index (κ3) is 4.60. The van der Waals surface area contributed by atoms with Crippen LogP contribution in [0.2, 0.25) is 0 Å². The van der Waals surface area contributed by atoms with E-state index in [0.29, 0.717) is 13.1 Å². The van der Waals surface area contributed by atoms with Crippen molar-refractivity contribution in [3.05, 3.63) is 35.9 Å². The van der Waals surface area contributed by atoms with Crippen molar-refractivity contribution in [3.8, 4) is 0 Å². The summed E-state index contributed by atoms with van der Waals surface area (Å²) in [5.41, 5.74) is 1.95. The molecule has 8 heteroatoms. The fraction of sp³-hybridized carbons (Fsp3) is 0.455. The number of nitrogens with zero attached hydrogens (tertiary/aromatic N) is 4. The molecule has 0 aliphatic rings. The maximum absolute atomic E-state index is 12.1. The summed E-state index contributed by atoms with van der Waals surface area (Å²) in [6, 6.07) is 1.92. The largest absolute Gasteiger partial charge is 0.307 e. The first kappa shape index (κ1) is 15.6. The molecule has 0 spiro atoms. The molecule has 106 valence electrons. The Morgan fingerprint density at radius 3 is 2.74 bits per heavy atom. The van der Waals surface area contributed by atoms with E-state index in [1.165, 1.54) is 4.68 Å². The molecule has 19 heavy (non-hydrogen) atoms. The van der Waals surface area contributed by atoms with Crippen LogP contribution in [0.1, 0.15) is 11.3 Å². The Hall–Kier alpha value is -1.47. The van der Waals surface area contributed by atoms with E-state index in [2.05, 4.69) is 15.5 Å². The average molecular weight is 292 g/mol. The second-order valence-electron chi connectivity index (χ2n) is 4.01. The van der Waals surface area contributed by atoms with E-state index < -0.39 is 6.43 Å². The quantitative estimate of drug-likeness (QED) is 0.879. The first-order chi connectivity index (χ1) is 8.65. The third-order valence-electron chi connectivity index (χ3n) is 2.57. The summed E-state index contributed by atoms with van der Waals surface area (Å²) in [5, 5.41) is 11.1. The molecule has 1 N–H and O–H groups in total. The average Bonchev–Trinajstić information content (AvgIpc) is 2.89. The maximum Gasteiger partial charge on any atom is 0.257 e. The van der Waals surface area contributed by atoms with E-state index in [0.717, 1.165) is 11.3 Å². The molecule has 0 saturated heterocycles. The number of alkyl halides is 2. The summed E-state index contributed by atoms with van der Waals surface area (Å²) in [4.78, 5) is 0. The normalized spacial score (nSPS) is 10.7. The lowest BCUT2D eigenvalue weighted by Crippen LogP contribution is -2.15. The van der Waals surface area contributed by atoms with Crippen LogP contribution in [0.15, 0.2) is 24.7 Å². The molecule has 0 aromatic carbocycles. The van der Waals surface area contributed by atoms with Crippen LogP contribution in [0.5, 0.6) is 0 Å². The van der Waals surface area contributed by atoms with Crippen LogP contribution in [0.4, 0.5) is 8.78 Å². The van der Waals surface area contributed by atoms with E-state index in [-0.39, 0.29) is 19.0 Å². The van der Waals surface area contributed by atoms with Gasteiger partial charge in [0.25, 0.3) is 6.43 Å². The van der Waals surface area contributed by atoms with Gasteiger partial charge in [0, 0.05) is 38.1 Å². The third-order valence-corrected chi connectivity index (χ3v) is 2.57. The molecular formula is C11H16ClF2N5. The highest BCUT2D eigenvalue weighted by Gasteiger charge is 2.05. The summed E-state index contributed by atoms with van der Waals surface area (Å²) in [5.74, 6) is 0. The van der Waals surface area contributed by atoms with Crippen LogP contribution in [-0.4, -0.2) is 26.0 Å². The molecule has 0 atom stereocenters. The predicted octanol–water partition coefficient (Wildman–Crippen LogP) is 1.59. The minimum absolute atomic E-state index is 0. The molecule has 2 heterocycles. The number of hydrogen-bond donors (Lipinski definition) is 1. The minimum atomic E-state index is -2.37. The molecule has 0 aliphatic carbocycles. The Kier molecular flexibility index (Phi) is 5.91. The number of halogens is 3. The molecule has 2 aromatic heterocycles. The van der Waals surface area contributed by atoms with Crippen molar-refractivity contribution >= 4 is 12.4 Å². The zero-order valence-corrected chi connectivity index (χ0v) is 11.3. The second kappa shape index (κ2) is 7.20. The number of rotatable bonds is 6. The van der Waals surface area contributed by atoms with Gasteiger partial charge in [0.05, 0.1) is 11.9 Å². The Bertz CT molecular complexity index is 497. The second-order valence-corrected chi connectivity index (χ2v) is 4.01. The first-order valence-corrected chi connectivity index (χ1v) is 5.62. The minimum Gasteiger partial charge on any atom is -0.307 e. The van der Waals surface area contributed by atoms with Gasteiger partial charge >= 0.3 is 0 Å². The van der Waals surface area contributed by atoms with Crippen LogP contribution in [0.3, 0.4) is 0 Å². The lowest BCUT2D eigenvalue weighted by molar-refractivity contribution is 0.122. The molecule has 0 bridgehead atoms. The molecule has 2 aromatic rings. The van der Waals surface area contributed by atoms with Crippen molar-refractivity contribution in [3.63, 3.8) is 0 Å². The smallest absolute Gasteiger partial charge is 0.257 e. The summed E-state index contributed by atoms with van der Waals surface area (Å²) in [6.45, 7) is 0.909. The van der Waals surface area contributed by atoms with Crippen LogP contribution in [0.25, 0.3) is 0 Å². The lowest BCUT2D eigenvalue weighted by atomic mass is 10.3. The Balaban J connectivity index is 0.00000180. The molecule has 2 rings (SSSR count). The van der Waals surface area contributed by atoms with Gasteiger partial charge in [-0.05, 0) is 6.07 Å². The molecule has 0 radical (unpaired) electrons. The van der Waals surface area contributed by atoms with Gasteiger partial charge in [-0.15, -0.1) is 12.4 Å². The van der Waals surface area contributed by atoms with Gasteiger partial charge in [-0.3, -0.25) is 9.36 Å². The zero-order valence-electron chi connectivity index (χ0n) is 10.5. The van der Waals surface area contributed by atoms with Gasteiger partial charge in [-0.2, -0.15) is 10.2 Å². The Morgan fingerprint density at radius 2 is 2.11 bits per heavy atom. The van der Waals surface area contributed by atoms with E-state index in [1.54, 1.807) is 23.3 Å². The number of hydrogen-bond acceptors (Lipinski definition) is 3. The van der Waals surface area contributed by atoms with Crippen molar-refractivity contribution < 1.29 is 8.78 Å². The van der Waals surface area contributed by atoms with Crippen molar-refractivity contribution in [1.29, 1.82) is 0 Å². The van der Waals surface area contributed by atoms with Crippen molar-refractivity contribution in [2.24, 2.45) is 7.05 Å². The monoisotopic (exact) mass is 291 g/mol. The topological polar surface area (TPSA) is 47.7 Å². The summed E-state index contributed by atoms with van der Waals surface area (Å²) >= 11 is 0. The molecule has 0 amide bonds. The fourth-order valence-corrected chi connectivity index (χ4v) is 1.65. The van der Waals surface area contributed by atoms with Crippen molar-refractivity contribution in [1.82, 2.24) is 24.9 Å². The van der Waals surface area contributed by atoms with E-state index in [1.807, 2.05) is 13.1 Å². The maximum atomic E-state index is 12.1. The van der Waals surface area contributed by atoms with Gasteiger partial charge in [-0.25, -0.2) is 8.78 Å². The van der Waals surface area contributed by atoms with Gasteiger partial charge in [-0.1, -0.05) is 0 Å². The van der Waals surface area contributed by atoms with Gasteiger partial charge in [0.2, 0.25) is 0 Å². The molecule has 5 nitrogen and oxygen atoms in total. The van der Waals surface area contributed by atoms with Crippen LogP contribution in [-0.2, 0) is 26.7 Å². The van der Waals surface area contributed by atoms with Gasteiger partial charge < -0.3 is 5.32 Å². The standard InChI is InChI=1S/C11H15F2N5.ClH/c1-17-10(2-3-15-17)6-14-4-9-5-16-18(7-9)8-11(12)13;/h2-3,5,7,11,14H,4,6,8H2,1H3;1H. The number of aromatic nitrogens is 4. The summed E-state index contributed by atoms with van der Waals surface area (Å²) < 4.78 is 27.3. The molecule has 0 saturated carbocycles. The molecular weight excluding hydrogens is 276 g/mol. The van der Waals surface area contributed by atoms with Gasteiger partial charge in [0.15, 0.2) is 0 Å². The van der Waals surface area contributed by atoms with E-state index >= 15 is 0 Å². The Morgan fingerprint density at radius 1 is 1.32 bits per heavy atom. The van der Waals surface area contributed by atoms with Crippen LogP contribution >= 0.6 is 12.4 Å². The summed E-state index contributed by atoms with van der Waals surface area (Å²) in [7, 11) is 1.87. The fourth-order valence-electron chi connectivity index (χ4n) is 1.65. The van der Waals surface area contributed by atoms with Gasteiger partial charge in [0.1, 0.15) is 6.54 Å². The predicted molar refractivity (Wildman–Crippen MR) is 69.2 cm³/mol. The van der Waals surface area contributed by atoms with Crippen molar-refractivity contribution in [2.45, 2.75) is 26.1 Å². The molecule has 0 fully saturated rings. The SMILES string of the molecule is Cl.Cn1nccc1CNCc1cnn(CC(F)F)c1. The molecule has 0 aliphatic heterocycles. The highest BCUT2D eigenvalue weighted by molar-refractivity contribution is 5.85. The first-order valence-electron chi connectivity index (χ1n) is 5.62. The zero-order chi connectivity index (χ0) is 13.0. The van der Waals surface area contributed by atoms with E-state index in [9.17, 15) is 8.78 Å². The molecule has 0 unspecified atom stereocenters. The van der Waals surface area contributed by atoms with Crippen molar-refractivity contribution in [2.75, 3.05) is 0 Å².